The average Bonchev–Trinajstić information content (AvgIpc) is 3.59. The number of phenols is 1. The van der Waals surface area contributed by atoms with E-state index in [4.69, 9.17) is 14.2 Å². The zero-order chi connectivity index (χ0) is 32.8. The van der Waals surface area contributed by atoms with Gasteiger partial charge >= 0.3 is 11.9 Å². The van der Waals surface area contributed by atoms with Crippen LogP contribution < -0.4 is 4.74 Å². The van der Waals surface area contributed by atoms with E-state index in [0.717, 1.165) is 22.7 Å². The van der Waals surface area contributed by atoms with Crippen molar-refractivity contribution >= 4 is 47.2 Å². The van der Waals surface area contributed by atoms with E-state index in [2.05, 4.69) is 9.97 Å². The first-order valence-electron chi connectivity index (χ1n) is 14.4. The van der Waals surface area contributed by atoms with Gasteiger partial charge < -0.3 is 19.3 Å². The molecule has 0 unspecified atom stereocenters. The fraction of sp³-hybridized carbons (Fsp3) is 0.333. The lowest BCUT2D eigenvalue weighted by molar-refractivity contribution is 0.0521. The molecule has 12 heteroatoms. The van der Waals surface area contributed by atoms with Gasteiger partial charge in [0.25, 0.3) is 0 Å². The zero-order valence-electron chi connectivity index (χ0n) is 25.9. The largest absolute Gasteiger partial charge is 0.507 e. The summed E-state index contributed by atoms with van der Waals surface area (Å²) in [6, 6.07) is 6.66. The molecular formula is C33H34N2O8S2. The number of hydrogen-bond acceptors (Lipinski definition) is 12. The Balaban J connectivity index is 1.86. The van der Waals surface area contributed by atoms with Gasteiger partial charge in [-0.2, -0.15) is 0 Å². The molecule has 0 aliphatic heterocycles. The SMILES string of the molecule is CCOC(=O)c1sc(-c2cc(C=O)c(O)c(Cc3cc(-c4nc(C)c(C(=O)OCC)s4)cc(C=O)c3OCC(C)C)c2)nc1C. The van der Waals surface area contributed by atoms with E-state index in [1.807, 2.05) is 13.8 Å². The van der Waals surface area contributed by atoms with E-state index in [1.54, 1.807) is 45.9 Å². The van der Waals surface area contributed by atoms with Gasteiger partial charge in [0, 0.05) is 23.1 Å². The third kappa shape index (κ3) is 7.46. The Kier molecular flexibility index (Phi) is 10.8. The summed E-state index contributed by atoms with van der Waals surface area (Å²) in [5.74, 6) is -0.685. The van der Waals surface area contributed by atoms with Crippen molar-refractivity contribution in [2.75, 3.05) is 19.8 Å². The van der Waals surface area contributed by atoms with E-state index >= 15 is 0 Å². The van der Waals surface area contributed by atoms with Crippen LogP contribution in [0.15, 0.2) is 24.3 Å². The Morgan fingerprint density at radius 3 is 1.78 bits per heavy atom. The predicted octanol–water partition coefficient (Wildman–Crippen LogP) is 6.86. The normalized spacial score (nSPS) is 11.0. The molecule has 1 N–H and O–H groups in total. The number of phenolic OH excluding ortho intramolecular Hbond substituents is 1. The summed E-state index contributed by atoms with van der Waals surface area (Å²) >= 11 is 2.29. The number of rotatable bonds is 13. The van der Waals surface area contributed by atoms with Crippen molar-refractivity contribution in [2.45, 2.75) is 48.0 Å². The fourth-order valence-electron chi connectivity index (χ4n) is 4.57. The first kappa shape index (κ1) is 33.5. The first-order chi connectivity index (χ1) is 21.5. The number of hydrogen-bond donors (Lipinski definition) is 1. The second-order valence-corrected chi connectivity index (χ2v) is 12.6. The predicted molar refractivity (Wildman–Crippen MR) is 172 cm³/mol. The molecule has 4 aromatic rings. The van der Waals surface area contributed by atoms with Crippen molar-refractivity contribution in [3.05, 3.63) is 67.7 Å². The number of carbonyl (C=O) groups excluding carboxylic acids is 4. The van der Waals surface area contributed by atoms with E-state index in [0.29, 0.717) is 78.3 Å². The fourth-order valence-corrected chi connectivity index (χ4v) is 6.46. The van der Waals surface area contributed by atoms with Crippen LogP contribution in [0.25, 0.3) is 21.1 Å². The summed E-state index contributed by atoms with van der Waals surface area (Å²) in [4.78, 5) is 59.1. The molecule has 2 heterocycles. The van der Waals surface area contributed by atoms with Gasteiger partial charge in [0.05, 0.1) is 42.3 Å². The van der Waals surface area contributed by atoms with Crippen LogP contribution in [0.3, 0.4) is 0 Å². The zero-order valence-corrected chi connectivity index (χ0v) is 27.5. The molecule has 0 atom stereocenters. The number of carbonyl (C=O) groups is 4. The van der Waals surface area contributed by atoms with Crippen LogP contribution in [-0.2, 0) is 15.9 Å². The molecule has 45 heavy (non-hydrogen) atoms. The second kappa shape index (κ2) is 14.6. The van der Waals surface area contributed by atoms with Crippen LogP contribution in [-0.4, -0.2) is 59.4 Å². The van der Waals surface area contributed by atoms with Gasteiger partial charge in [0.2, 0.25) is 0 Å². The van der Waals surface area contributed by atoms with Crippen LogP contribution >= 0.6 is 22.7 Å². The summed E-state index contributed by atoms with van der Waals surface area (Å²) in [5.41, 5.74) is 3.36. The highest BCUT2D eigenvalue weighted by Crippen LogP contribution is 2.39. The number of aromatic hydroxyl groups is 1. The summed E-state index contributed by atoms with van der Waals surface area (Å²) in [6.45, 7) is 11.6. The van der Waals surface area contributed by atoms with E-state index in [9.17, 15) is 24.3 Å². The molecule has 0 aliphatic rings. The highest BCUT2D eigenvalue weighted by Gasteiger charge is 2.23. The third-order valence-electron chi connectivity index (χ3n) is 6.62. The summed E-state index contributed by atoms with van der Waals surface area (Å²) < 4.78 is 16.4. The number of aryl methyl sites for hydroxylation is 2. The van der Waals surface area contributed by atoms with Crippen LogP contribution in [0.4, 0.5) is 0 Å². The molecule has 2 aromatic heterocycles. The van der Waals surface area contributed by atoms with Gasteiger partial charge in [-0.25, -0.2) is 19.6 Å². The highest BCUT2D eigenvalue weighted by molar-refractivity contribution is 7.17. The summed E-state index contributed by atoms with van der Waals surface area (Å²) in [5, 5.41) is 12.1. The average molecular weight is 651 g/mol. The Bertz CT molecular complexity index is 1760. The number of benzene rings is 2. The monoisotopic (exact) mass is 650 g/mol. The number of aldehydes is 2. The van der Waals surface area contributed by atoms with Gasteiger partial charge in [-0.3, -0.25) is 9.59 Å². The third-order valence-corrected chi connectivity index (χ3v) is 8.99. The Morgan fingerprint density at radius 2 is 1.31 bits per heavy atom. The Hall–Kier alpha value is -4.42. The molecule has 0 saturated carbocycles. The second-order valence-electron chi connectivity index (χ2n) is 10.6. The smallest absolute Gasteiger partial charge is 0.350 e. The summed E-state index contributed by atoms with van der Waals surface area (Å²) in [7, 11) is 0. The first-order valence-corrected chi connectivity index (χ1v) is 16.0. The molecule has 4 rings (SSSR count). The maximum atomic E-state index is 12.5. The summed E-state index contributed by atoms with van der Waals surface area (Å²) in [6.07, 6.45) is 1.32. The minimum Gasteiger partial charge on any atom is -0.507 e. The lowest BCUT2D eigenvalue weighted by Gasteiger charge is -2.18. The van der Waals surface area contributed by atoms with Crippen LogP contribution in [0.5, 0.6) is 11.5 Å². The van der Waals surface area contributed by atoms with Crippen molar-refractivity contribution < 1.29 is 38.5 Å². The number of nitrogens with zero attached hydrogens (tertiary/aromatic N) is 2. The minimum atomic E-state index is -0.484. The molecule has 2 aromatic carbocycles. The van der Waals surface area contributed by atoms with Crippen molar-refractivity contribution in [1.82, 2.24) is 9.97 Å². The molecule has 0 spiro atoms. The van der Waals surface area contributed by atoms with Crippen LogP contribution in [0.2, 0.25) is 0 Å². The van der Waals surface area contributed by atoms with Crippen molar-refractivity contribution in [3.8, 4) is 32.6 Å². The van der Waals surface area contributed by atoms with Gasteiger partial charge in [-0.15, -0.1) is 22.7 Å². The molecule has 0 saturated heterocycles. The quantitative estimate of drug-likeness (QED) is 0.120. The van der Waals surface area contributed by atoms with Crippen molar-refractivity contribution in [1.29, 1.82) is 0 Å². The minimum absolute atomic E-state index is 0.0408. The standard InChI is InChI=1S/C33H34N2O8S2/c1-7-41-32(39)28-18(5)34-30(44-28)22-10-20(26(38)24(12-22)14-36)9-21-11-23(13-25(15-37)27(21)43-16-17(3)4)31-35-19(6)29(45-31)33(40)42-8-2/h10-15,17,38H,7-9,16H2,1-6H3. The van der Waals surface area contributed by atoms with Crippen molar-refractivity contribution in [3.63, 3.8) is 0 Å². The van der Waals surface area contributed by atoms with Gasteiger partial charge in [0.15, 0.2) is 12.6 Å². The van der Waals surface area contributed by atoms with Crippen molar-refractivity contribution in [2.24, 2.45) is 5.92 Å². The van der Waals surface area contributed by atoms with Crippen LogP contribution in [0, 0.1) is 19.8 Å². The van der Waals surface area contributed by atoms with Gasteiger partial charge in [-0.05, 0) is 63.4 Å². The Labute approximate surface area is 269 Å². The number of esters is 2. The molecule has 0 bridgehead atoms. The van der Waals surface area contributed by atoms with Crippen LogP contribution in [0.1, 0.15) is 90.3 Å². The Morgan fingerprint density at radius 1 is 0.822 bits per heavy atom. The lowest BCUT2D eigenvalue weighted by Crippen LogP contribution is -2.09. The maximum absolute atomic E-state index is 12.5. The van der Waals surface area contributed by atoms with E-state index in [1.165, 1.54) is 6.07 Å². The lowest BCUT2D eigenvalue weighted by atomic mass is 9.95. The topological polar surface area (TPSA) is 142 Å². The molecular weight excluding hydrogens is 617 g/mol. The maximum Gasteiger partial charge on any atom is 0.350 e. The number of thiazole rings is 2. The molecule has 10 nitrogen and oxygen atoms in total. The highest BCUT2D eigenvalue weighted by atomic mass is 32.1. The van der Waals surface area contributed by atoms with E-state index < -0.39 is 11.9 Å². The number of ether oxygens (including phenoxy) is 3. The molecule has 236 valence electrons. The number of aromatic nitrogens is 2. The molecule has 0 aliphatic carbocycles. The van der Waals surface area contributed by atoms with Gasteiger partial charge in [-0.1, -0.05) is 13.8 Å². The molecule has 0 amide bonds. The van der Waals surface area contributed by atoms with E-state index in [-0.39, 0.29) is 42.4 Å². The van der Waals surface area contributed by atoms with Gasteiger partial charge in [0.1, 0.15) is 31.3 Å². The molecule has 0 radical (unpaired) electrons. The molecule has 0 fully saturated rings.